The van der Waals surface area contributed by atoms with E-state index < -0.39 is 5.60 Å². The zero-order valence-corrected chi connectivity index (χ0v) is 13.3. The van der Waals surface area contributed by atoms with Crippen LogP contribution in [0.2, 0.25) is 0 Å². The van der Waals surface area contributed by atoms with Crippen LogP contribution in [0.25, 0.3) is 0 Å². The van der Waals surface area contributed by atoms with Gasteiger partial charge in [-0.2, -0.15) is 8.30 Å². The van der Waals surface area contributed by atoms with Crippen molar-refractivity contribution in [2.75, 3.05) is 13.1 Å². The average Bonchev–Trinajstić information content (AvgIpc) is 2.62. The first-order chi connectivity index (χ1) is 8.30. The predicted molar refractivity (Wildman–Crippen MR) is 74.7 cm³/mol. The van der Waals surface area contributed by atoms with E-state index in [2.05, 4.69) is 21.1 Å². The minimum atomic E-state index is -0.453. The monoisotopic (exact) mass is 333 g/mol. The molecule has 0 bridgehead atoms. The molecule has 1 aliphatic rings. The third-order valence-corrected chi connectivity index (χ3v) is 4.78. The van der Waals surface area contributed by atoms with Gasteiger partial charge in [0.15, 0.2) is 0 Å². The van der Waals surface area contributed by atoms with Crippen LogP contribution in [-0.4, -0.2) is 33.3 Å². The Morgan fingerprint density at radius 1 is 1.44 bits per heavy atom. The van der Waals surface area contributed by atoms with Crippen molar-refractivity contribution in [3.63, 3.8) is 0 Å². The topological polar surface area (TPSA) is 39.2 Å². The predicted octanol–water partition coefficient (Wildman–Crippen LogP) is 3.30. The van der Waals surface area contributed by atoms with Crippen LogP contribution in [0.4, 0.5) is 4.79 Å². The van der Waals surface area contributed by atoms with Gasteiger partial charge in [-0.3, -0.25) is 0 Å². The van der Waals surface area contributed by atoms with Crippen LogP contribution in [0, 0.1) is 0 Å². The zero-order valence-electron chi connectivity index (χ0n) is 10.9. The fraction of sp³-hybridized carbons (Fsp3) is 0.667. The molecule has 0 saturated carbocycles. The molecule has 1 atom stereocenters. The van der Waals surface area contributed by atoms with E-state index in [9.17, 15) is 4.79 Å². The summed E-state index contributed by atoms with van der Waals surface area (Å²) in [6.45, 7) is 7.07. The Balaban J connectivity index is 2.09. The summed E-state index contributed by atoms with van der Waals surface area (Å²) in [6.07, 6.45) is 1.46. The van der Waals surface area contributed by atoms with Crippen LogP contribution in [0.1, 0.15) is 31.3 Å². The maximum Gasteiger partial charge on any atom is 0.527 e. The maximum absolute atomic E-state index is 12.2. The van der Waals surface area contributed by atoms with Crippen LogP contribution in [0.15, 0.2) is 5.51 Å². The molecule has 1 unspecified atom stereocenters. The molecule has 0 aromatic carbocycles. The van der Waals surface area contributed by atoms with E-state index in [1.807, 2.05) is 26.3 Å². The van der Waals surface area contributed by atoms with Crippen molar-refractivity contribution in [2.45, 2.75) is 39.2 Å². The summed E-state index contributed by atoms with van der Waals surface area (Å²) in [5, 5.41) is 0. The number of carbonyl (C=O) groups excluding carboxylic acids is 1. The van der Waals surface area contributed by atoms with E-state index in [1.54, 1.807) is 11.3 Å². The number of thiazole rings is 1. The van der Waals surface area contributed by atoms with Gasteiger partial charge in [0.05, 0.1) is 11.2 Å². The fourth-order valence-corrected chi connectivity index (χ4v) is 3.13. The molecule has 0 saturated heterocycles. The van der Waals surface area contributed by atoms with Gasteiger partial charge in [0, 0.05) is 17.7 Å². The lowest BCUT2D eigenvalue weighted by molar-refractivity contribution is -0.704. The smallest absolute Gasteiger partial charge is 0.414 e. The number of rotatable bonds is 0. The highest BCUT2D eigenvalue weighted by Crippen LogP contribution is 2.28. The number of quaternary nitrogens is 1. The second-order valence-corrected chi connectivity index (χ2v) is 7.81. The number of nitrogens with zero attached hydrogens (tertiary/aromatic N) is 2. The SMILES string of the molecule is CC(C)(C)OC(=O)[N+]1(Br)CCc2ncsc2CC1. The molecule has 0 spiro atoms. The van der Waals surface area contributed by atoms with Crippen LogP contribution in [0.5, 0.6) is 0 Å². The third-order valence-electron chi connectivity index (χ3n) is 2.84. The summed E-state index contributed by atoms with van der Waals surface area (Å²) >= 11 is 5.22. The van der Waals surface area contributed by atoms with Gasteiger partial charge in [0.25, 0.3) is 0 Å². The molecule has 18 heavy (non-hydrogen) atoms. The Hall–Kier alpha value is -0.460. The maximum atomic E-state index is 12.2. The van der Waals surface area contributed by atoms with Crippen molar-refractivity contribution in [3.05, 3.63) is 16.1 Å². The van der Waals surface area contributed by atoms with Crippen LogP contribution >= 0.6 is 27.5 Å². The first-order valence-electron chi connectivity index (χ1n) is 6.02. The lowest BCUT2D eigenvalue weighted by Gasteiger charge is -2.28. The van der Waals surface area contributed by atoms with Gasteiger partial charge in [0.2, 0.25) is 16.1 Å². The molecule has 1 aromatic rings. The fourth-order valence-electron chi connectivity index (χ4n) is 1.90. The van der Waals surface area contributed by atoms with E-state index in [1.165, 1.54) is 4.88 Å². The molecular formula is C12H18BrN2O2S+. The van der Waals surface area contributed by atoms with Crippen molar-refractivity contribution < 1.29 is 13.0 Å². The molecule has 100 valence electrons. The molecule has 2 heterocycles. The van der Waals surface area contributed by atoms with E-state index in [0.717, 1.165) is 18.5 Å². The summed E-state index contributed by atoms with van der Waals surface area (Å²) in [5.41, 5.74) is 2.56. The minimum Gasteiger partial charge on any atom is -0.414 e. The van der Waals surface area contributed by atoms with E-state index >= 15 is 0 Å². The van der Waals surface area contributed by atoms with Gasteiger partial charge in [-0.05, 0) is 20.8 Å². The average molecular weight is 334 g/mol. The quantitative estimate of drug-likeness (QED) is 0.684. The summed E-state index contributed by atoms with van der Waals surface area (Å²) in [4.78, 5) is 17.9. The molecule has 1 aromatic heterocycles. The van der Waals surface area contributed by atoms with Gasteiger partial charge in [-0.15, -0.1) is 11.3 Å². The Bertz CT molecular complexity index is 431. The van der Waals surface area contributed by atoms with E-state index in [-0.39, 0.29) is 9.60 Å². The van der Waals surface area contributed by atoms with Crippen molar-refractivity contribution in [2.24, 2.45) is 0 Å². The zero-order chi connectivity index (χ0) is 13.4. The van der Waals surface area contributed by atoms with E-state index in [0.29, 0.717) is 13.1 Å². The minimum absolute atomic E-state index is 0.160. The van der Waals surface area contributed by atoms with Gasteiger partial charge in [-0.1, -0.05) is 0 Å². The Kier molecular flexibility index (Phi) is 3.80. The molecule has 6 heteroatoms. The first kappa shape index (κ1) is 14.0. The Labute approximate surface area is 120 Å². The molecule has 0 aliphatic carbocycles. The van der Waals surface area contributed by atoms with Gasteiger partial charge < -0.3 is 4.74 Å². The molecule has 0 fully saturated rings. The number of aromatic nitrogens is 1. The molecule has 2 rings (SSSR count). The first-order valence-corrected chi connectivity index (χ1v) is 7.61. The number of halogens is 1. The normalized spacial score (nSPS) is 24.2. The highest BCUT2D eigenvalue weighted by molar-refractivity contribution is 9.05. The summed E-state index contributed by atoms with van der Waals surface area (Å²) in [5.74, 6) is 0. The van der Waals surface area contributed by atoms with Gasteiger partial charge in [0.1, 0.15) is 18.7 Å². The summed E-state index contributed by atoms with van der Waals surface area (Å²) in [6, 6.07) is 0. The van der Waals surface area contributed by atoms with Crippen molar-refractivity contribution >= 4 is 33.6 Å². The van der Waals surface area contributed by atoms with Crippen LogP contribution in [-0.2, 0) is 17.6 Å². The number of hydrogen-bond donors (Lipinski definition) is 0. The van der Waals surface area contributed by atoms with Crippen molar-refractivity contribution in [3.8, 4) is 0 Å². The van der Waals surface area contributed by atoms with Crippen molar-refractivity contribution in [1.29, 1.82) is 0 Å². The molecule has 1 aliphatic heterocycles. The standard InChI is InChI=1S/C12H18BrN2O2S/c1-12(2,3)17-11(16)15(13)6-4-9-10(5-7-15)18-8-14-9/h8H,4-7H2,1-3H3/q+1. The molecule has 0 radical (unpaired) electrons. The van der Waals surface area contributed by atoms with Crippen LogP contribution < -0.4 is 0 Å². The second-order valence-electron chi connectivity index (χ2n) is 5.51. The Morgan fingerprint density at radius 3 is 2.78 bits per heavy atom. The lowest BCUT2D eigenvalue weighted by atomic mass is 10.2. The van der Waals surface area contributed by atoms with Crippen molar-refractivity contribution in [1.82, 2.24) is 4.98 Å². The highest BCUT2D eigenvalue weighted by atomic mass is 79.9. The number of hydrogen-bond acceptors (Lipinski definition) is 4. The molecule has 0 N–H and O–H groups in total. The third kappa shape index (κ3) is 3.10. The van der Waals surface area contributed by atoms with E-state index in [4.69, 9.17) is 4.74 Å². The number of fused-ring (bicyclic) bond motifs is 1. The van der Waals surface area contributed by atoms with Crippen LogP contribution in [0.3, 0.4) is 0 Å². The molecule has 4 nitrogen and oxygen atoms in total. The molecule has 1 amide bonds. The highest BCUT2D eigenvalue weighted by Gasteiger charge is 2.41. The largest absolute Gasteiger partial charge is 0.527 e. The number of ether oxygens (including phenoxy) is 1. The molecular weight excluding hydrogens is 316 g/mol. The second kappa shape index (κ2) is 4.90. The Morgan fingerprint density at radius 2 is 2.11 bits per heavy atom. The number of amides is 1. The van der Waals surface area contributed by atoms with Gasteiger partial charge >= 0.3 is 6.09 Å². The van der Waals surface area contributed by atoms with Gasteiger partial charge in [-0.25, -0.2) is 4.98 Å². The summed E-state index contributed by atoms with van der Waals surface area (Å²) in [7, 11) is 0. The lowest BCUT2D eigenvalue weighted by Crippen LogP contribution is -2.48. The number of carbonyl (C=O) groups is 1. The summed E-state index contributed by atoms with van der Waals surface area (Å²) < 4.78 is 5.64.